The van der Waals surface area contributed by atoms with Crippen LogP contribution >= 0.6 is 0 Å². The third-order valence-electron chi connectivity index (χ3n) is 3.72. The van der Waals surface area contributed by atoms with Gasteiger partial charge in [0.15, 0.2) is 0 Å². The lowest BCUT2D eigenvalue weighted by Crippen LogP contribution is -2.07. The van der Waals surface area contributed by atoms with Crippen LogP contribution in [-0.4, -0.2) is 13.1 Å². The first-order valence-electron chi connectivity index (χ1n) is 6.55. The topological polar surface area (TPSA) is 26.3 Å². The Morgan fingerprint density at radius 1 is 1.05 bits per heavy atom. The van der Waals surface area contributed by atoms with Crippen LogP contribution in [0.1, 0.15) is 16.7 Å². The van der Waals surface area contributed by atoms with Crippen molar-refractivity contribution < 1.29 is 9.53 Å². The number of esters is 1. The molecular weight excluding hydrogens is 236 g/mol. The standard InChI is InChI=1S/C17H16O2/c1-19-17(18)11-12-6-7-14-9-8-13-4-2-3-5-15(13)16(14)10-12/h2-7,10H,8-9,11H2,1H3. The first-order valence-corrected chi connectivity index (χ1v) is 6.55. The zero-order valence-corrected chi connectivity index (χ0v) is 11.0. The average Bonchev–Trinajstić information content (AvgIpc) is 2.47. The minimum absolute atomic E-state index is 0.191. The number of methoxy groups -OCH3 is 1. The Morgan fingerprint density at radius 3 is 2.58 bits per heavy atom. The lowest BCUT2D eigenvalue weighted by Gasteiger charge is -2.20. The molecule has 0 fully saturated rings. The summed E-state index contributed by atoms with van der Waals surface area (Å²) in [4.78, 5) is 11.4. The first-order chi connectivity index (χ1) is 9.28. The van der Waals surface area contributed by atoms with E-state index in [1.807, 2.05) is 6.07 Å². The summed E-state index contributed by atoms with van der Waals surface area (Å²) in [6.45, 7) is 0. The lowest BCUT2D eigenvalue weighted by molar-refractivity contribution is -0.139. The van der Waals surface area contributed by atoms with Crippen molar-refractivity contribution in [2.24, 2.45) is 0 Å². The van der Waals surface area contributed by atoms with Gasteiger partial charge in [-0.3, -0.25) is 4.79 Å². The van der Waals surface area contributed by atoms with Crippen LogP contribution in [0.2, 0.25) is 0 Å². The summed E-state index contributed by atoms with van der Waals surface area (Å²) < 4.78 is 4.73. The van der Waals surface area contributed by atoms with Gasteiger partial charge in [0, 0.05) is 0 Å². The number of rotatable bonds is 2. The molecule has 3 rings (SSSR count). The fourth-order valence-corrected chi connectivity index (χ4v) is 2.71. The van der Waals surface area contributed by atoms with Crippen molar-refractivity contribution in [2.45, 2.75) is 19.3 Å². The van der Waals surface area contributed by atoms with E-state index in [-0.39, 0.29) is 5.97 Å². The van der Waals surface area contributed by atoms with E-state index in [9.17, 15) is 4.79 Å². The average molecular weight is 252 g/mol. The van der Waals surface area contributed by atoms with Gasteiger partial charge in [-0.15, -0.1) is 0 Å². The molecule has 0 radical (unpaired) electrons. The number of hydrogen-bond donors (Lipinski definition) is 0. The van der Waals surface area contributed by atoms with Gasteiger partial charge in [0.05, 0.1) is 13.5 Å². The summed E-state index contributed by atoms with van der Waals surface area (Å²) in [6, 6.07) is 14.8. The molecule has 0 aromatic heterocycles. The monoisotopic (exact) mass is 252 g/mol. The second-order valence-electron chi connectivity index (χ2n) is 4.90. The predicted molar refractivity (Wildman–Crippen MR) is 75.0 cm³/mol. The fourth-order valence-electron chi connectivity index (χ4n) is 2.71. The van der Waals surface area contributed by atoms with Crippen molar-refractivity contribution in [3.8, 4) is 11.1 Å². The smallest absolute Gasteiger partial charge is 0.309 e. The van der Waals surface area contributed by atoms with Gasteiger partial charge in [-0.25, -0.2) is 0 Å². The van der Waals surface area contributed by atoms with Gasteiger partial charge in [0.25, 0.3) is 0 Å². The molecule has 0 saturated carbocycles. The molecule has 0 heterocycles. The largest absolute Gasteiger partial charge is 0.469 e. The van der Waals surface area contributed by atoms with Gasteiger partial charge in [0.1, 0.15) is 0 Å². The van der Waals surface area contributed by atoms with Gasteiger partial charge in [-0.1, -0.05) is 42.5 Å². The predicted octanol–water partition coefficient (Wildman–Crippen LogP) is 3.17. The zero-order chi connectivity index (χ0) is 13.2. The summed E-state index contributed by atoms with van der Waals surface area (Å²) in [5.41, 5.74) is 6.35. The highest BCUT2D eigenvalue weighted by Crippen LogP contribution is 2.33. The van der Waals surface area contributed by atoms with Crippen molar-refractivity contribution in [2.75, 3.05) is 7.11 Å². The Kier molecular flexibility index (Phi) is 3.08. The van der Waals surface area contributed by atoms with Crippen LogP contribution in [0.15, 0.2) is 42.5 Å². The van der Waals surface area contributed by atoms with E-state index >= 15 is 0 Å². The molecule has 0 bridgehead atoms. The molecule has 0 N–H and O–H groups in total. The molecule has 0 aliphatic heterocycles. The van der Waals surface area contributed by atoms with Crippen LogP contribution in [-0.2, 0) is 28.8 Å². The highest BCUT2D eigenvalue weighted by molar-refractivity contribution is 5.77. The highest BCUT2D eigenvalue weighted by Gasteiger charge is 2.16. The number of aryl methyl sites for hydroxylation is 2. The number of hydrogen-bond acceptors (Lipinski definition) is 2. The molecule has 0 spiro atoms. The second kappa shape index (κ2) is 4.88. The summed E-state index contributed by atoms with van der Waals surface area (Å²) in [5.74, 6) is -0.191. The van der Waals surface area contributed by atoms with E-state index in [4.69, 9.17) is 4.74 Å². The molecule has 19 heavy (non-hydrogen) atoms. The summed E-state index contributed by atoms with van der Waals surface area (Å²) in [6.07, 6.45) is 2.51. The van der Waals surface area contributed by atoms with Crippen molar-refractivity contribution in [1.29, 1.82) is 0 Å². The van der Waals surface area contributed by atoms with Gasteiger partial charge < -0.3 is 4.74 Å². The summed E-state index contributed by atoms with van der Waals surface area (Å²) >= 11 is 0. The maximum atomic E-state index is 11.4. The Bertz CT molecular complexity index is 629. The SMILES string of the molecule is COC(=O)Cc1ccc2c(c1)-c1ccccc1CC2. The molecule has 1 aliphatic carbocycles. The molecule has 0 atom stereocenters. The molecule has 0 amide bonds. The first kappa shape index (κ1) is 12.0. The minimum atomic E-state index is -0.191. The maximum absolute atomic E-state index is 11.4. The van der Waals surface area contributed by atoms with Gasteiger partial charge in [-0.05, 0) is 40.7 Å². The Hall–Kier alpha value is -2.09. The van der Waals surface area contributed by atoms with Gasteiger partial charge in [0.2, 0.25) is 0 Å². The third-order valence-corrected chi connectivity index (χ3v) is 3.72. The van der Waals surface area contributed by atoms with E-state index in [1.54, 1.807) is 0 Å². The molecular formula is C17H16O2. The molecule has 2 aromatic rings. The molecule has 2 nitrogen and oxygen atoms in total. The van der Waals surface area contributed by atoms with Crippen LogP contribution in [0.5, 0.6) is 0 Å². The van der Waals surface area contributed by atoms with Crippen molar-refractivity contribution >= 4 is 5.97 Å². The van der Waals surface area contributed by atoms with Gasteiger partial charge in [-0.2, -0.15) is 0 Å². The molecule has 2 aromatic carbocycles. The molecule has 0 unspecified atom stereocenters. The van der Waals surface area contributed by atoms with E-state index in [0.717, 1.165) is 18.4 Å². The lowest BCUT2D eigenvalue weighted by atomic mass is 9.84. The number of fused-ring (bicyclic) bond motifs is 3. The number of carbonyl (C=O) groups excluding carboxylic acids is 1. The molecule has 0 saturated heterocycles. The van der Waals surface area contributed by atoms with E-state index < -0.39 is 0 Å². The number of ether oxygens (including phenoxy) is 1. The summed E-state index contributed by atoms with van der Waals surface area (Å²) in [7, 11) is 1.43. The number of benzene rings is 2. The second-order valence-corrected chi connectivity index (χ2v) is 4.90. The Morgan fingerprint density at radius 2 is 1.79 bits per heavy atom. The van der Waals surface area contributed by atoms with Crippen molar-refractivity contribution in [3.63, 3.8) is 0 Å². The molecule has 1 aliphatic rings. The van der Waals surface area contributed by atoms with Crippen molar-refractivity contribution in [3.05, 3.63) is 59.2 Å². The molecule has 2 heteroatoms. The maximum Gasteiger partial charge on any atom is 0.309 e. The van der Waals surface area contributed by atoms with E-state index in [2.05, 4.69) is 36.4 Å². The Balaban J connectivity index is 2.03. The van der Waals surface area contributed by atoms with Crippen molar-refractivity contribution in [1.82, 2.24) is 0 Å². The minimum Gasteiger partial charge on any atom is -0.469 e. The zero-order valence-electron chi connectivity index (χ0n) is 11.0. The third kappa shape index (κ3) is 2.26. The van der Waals surface area contributed by atoms with Gasteiger partial charge >= 0.3 is 5.97 Å². The van der Waals surface area contributed by atoms with Crippen LogP contribution in [0, 0.1) is 0 Å². The quantitative estimate of drug-likeness (QED) is 0.767. The van der Waals surface area contributed by atoms with Crippen LogP contribution in [0.4, 0.5) is 0 Å². The highest BCUT2D eigenvalue weighted by atomic mass is 16.5. The van der Waals surface area contributed by atoms with Crippen LogP contribution < -0.4 is 0 Å². The van der Waals surface area contributed by atoms with E-state index in [0.29, 0.717) is 6.42 Å². The number of carbonyl (C=O) groups is 1. The Labute approximate surface area is 113 Å². The summed E-state index contributed by atoms with van der Waals surface area (Å²) in [5, 5.41) is 0. The molecule has 96 valence electrons. The fraction of sp³-hybridized carbons (Fsp3) is 0.235. The van der Waals surface area contributed by atoms with E-state index in [1.165, 1.54) is 29.4 Å². The normalized spacial score (nSPS) is 12.5. The van der Waals surface area contributed by atoms with Crippen LogP contribution in [0.25, 0.3) is 11.1 Å². The van der Waals surface area contributed by atoms with Crippen LogP contribution in [0.3, 0.4) is 0 Å².